The van der Waals surface area contributed by atoms with E-state index in [1.807, 2.05) is 19.9 Å². The molecule has 6 nitrogen and oxygen atoms in total. The van der Waals surface area contributed by atoms with Gasteiger partial charge in [-0.3, -0.25) is 4.79 Å². The zero-order valence-electron chi connectivity index (χ0n) is 14.0. The van der Waals surface area contributed by atoms with Gasteiger partial charge in [-0.1, -0.05) is 13.3 Å². The lowest BCUT2D eigenvalue weighted by Crippen LogP contribution is -2.41. The van der Waals surface area contributed by atoms with E-state index in [2.05, 4.69) is 4.98 Å². The van der Waals surface area contributed by atoms with Gasteiger partial charge in [0, 0.05) is 24.3 Å². The van der Waals surface area contributed by atoms with Crippen LogP contribution >= 0.6 is 0 Å². The Hall–Kier alpha value is -1.89. The molecule has 1 saturated heterocycles. The zero-order valence-corrected chi connectivity index (χ0v) is 14.8. The standard InChI is InChI=1S/C17H22N2O4S/c1-3-4-8-19(13-7-9-24(21,22)11-13)17(20)16-10-14-15(23-16)6-5-12(2)18-14/h5-6,10,13H,3-4,7-9,11H2,1-2H3. The van der Waals surface area contributed by atoms with Crippen LogP contribution in [0.1, 0.15) is 42.4 Å². The molecule has 24 heavy (non-hydrogen) atoms. The summed E-state index contributed by atoms with van der Waals surface area (Å²) < 4.78 is 29.2. The van der Waals surface area contributed by atoms with Crippen molar-refractivity contribution in [3.8, 4) is 0 Å². The fourth-order valence-electron chi connectivity index (χ4n) is 3.07. The molecule has 0 spiro atoms. The largest absolute Gasteiger partial charge is 0.449 e. The molecule has 0 bridgehead atoms. The van der Waals surface area contributed by atoms with Crippen molar-refractivity contribution in [2.45, 2.75) is 39.2 Å². The summed E-state index contributed by atoms with van der Waals surface area (Å²) in [6, 6.07) is 5.01. The first-order chi connectivity index (χ1) is 11.4. The highest BCUT2D eigenvalue weighted by Crippen LogP contribution is 2.24. The third-order valence-corrected chi connectivity index (χ3v) is 6.14. The third kappa shape index (κ3) is 3.45. The van der Waals surface area contributed by atoms with Gasteiger partial charge in [-0.15, -0.1) is 0 Å². The van der Waals surface area contributed by atoms with Gasteiger partial charge in [0.25, 0.3) is 5.91 Å². The number of hydrogen-bond donors (Lipinski definition) is 0. The molecule has 1 unspecified atom stereocenters. The number of unbranched alkanes of at least 4 members (excludes halogenated alkanes) is 1. The van der Waals surface area contributed by atoms with Crippen LogP contribution in [0.3, 0.4) is 0 Å². The summed E-state index contributed by atoms with van der Waals surface area (Å²) in [5.74, 6) is 0.166. The van der Waals surface area contributed by atoms with Crippen LogP contribution in [-0.4, -0.2) is 48.3 Å². The van der Waals surface area contributed by atoms with E-state index in [4.69, 9.17) is 4.42 Å². The van der Waals surface area contributed by atoms with Crippen LogP contribution < -0.4 is 0 Å². The molecule has 1 amide bonds. The SMILES string of the molecule is CCCCN(C(=O)c1cc2nc(C)ccc2o1)C1CCS(=O)(=O)C1. The maximum atomic E-state index is 12.9. The van der Waals surface area contributed by atoms with Crippen LogP contribution in [0.5, 0.6) is 0 Å². The maximum absolute atomic E-state index is 12.9. The Bertz CT molecular complexity index is 857. The number of pyridine rings is 1. The molecule has 0 saturated carbocycles. The first-order valence-electron chi connectivity index (χ1n) is 8.28. The number of rotatable bonds is 5. The van der Waals surface area contributed by atoms with E-state index in [1.165, 1.54) is 0 Å². The summed E-state index contributed by atoms with van der Waals surface area (Å²) in [7, 11) is -3.05. The number of nitrogens with zero attached hydrogens (tertiary/aromatic N) is 2. The first kappa shape index (κ1) is 17.0. The highest BCUT2D eigenvalue weighted by Gasteiger charge is 2.35. The second-order valence-corrected chi connectivity index (χ2v) is 8.58. The first-order valence-corrected chi connectivity index (χ1v) is 10.1. The Morgan fingerprint density at radius 3 is 2.88 bits per heavy atom. The molecular weight excluding hydrogens is 328 g/mol. The van der Waals surface area contributed by atoms with Crippen molar-refractivity contribution in [3.05, 3.63) is 29.7 Å². The summed E-state index contributed by atoms with van der Waals surface area (Å²) in [6.07, 6.45) is 2.26. The molecule has 7 heteroatoms. The maximum Gasteiger partial charge on any atom is 0.289 e. The topological polar surface area (TPSA) is 80.5 Å². The summed E-state index contributed by atoms with van der Waals surface area (Å²) in [5, 5.41) is 0. The second-order valence-electron chi connectivity index (χ2n) is 6.36. The lowest BCUT2D eigenvalue weighted by atomic mass is 10.2. The van der Waals surface area contributed by atoms with Crippen molar-refractivity contribution in [2.75, 3.05) is 18.1 Å². The highest BCUT2D eigenvalue weighted by atomic mass is 32.2. The van der Waals surface area contributed by atoms with Crippen molar-refractivity contribution in [1.82, 2.24) is 9.88 Å². The number of sulfone groups is 1. The van der Waals surface area contributed by atoms with Gasteiger partial charge in [-0.2, -0.15) is 0 Å². The molecule has 0 aliphatic carbocycles. The van der Waals surface area contributed by atoms with Gasteiger partial charge in [0.2, 0.25) is 0 Å². The van der Waals surface area contributed by atoms with E-state index in [0.29, 0.717) is 24.1 Å². The number of fused-ring (bicyclic) bond motifs is 1. The highest BCUT2D eigenvalue weighted by molar-refractivity contribution is 7.91. The Morgan fingerprint density at radius 1 is 1.42 bits per heavy atom. The second kappa shape index (κ2) is 6.55. The van der Waals surface area contributed by atoms with E-state index < -0.39 is 9.84 Å². The molecular formula is C17H22N2O4S. The van der Waals surface area contributed by atoms with Crippen LogP contribution in [0, 0.1) is 6.92 Å². The lowest BCUT2D eigenvalue weighted by molar-refractivity contribution is 0.0664. The average molecular weight is 350 g/mol. The average Bonchev–Trinajstić information content (AvgIpc) is 3.10. The van der Waals surface area contributed by atoms with Crippen LogP contribution in [0.25, 0.3) is 11.1 Å². The molecule has 0 N–H and O–H groups in total. The van der Waals surface area contributed by atoms with Gasteiger partial charge in [-0.05, 0) is 31.9 Å². The molecule has 0 radical (unpaired) electrons. The number of furan rings is 1. The van der Waals surface area contributed by atoms with Crippen LogP contribution in [0.4, 0.5) is 0 Å². The third-order valence-electron chi connectivity index (χ3n) is 4.39. The smallest absolute Gasteiger partial charge is 0.289 e. The molecule has 3 heterocycles. The zero-order chi connectivity index (χ0) is 17.3. The fourth-order valence-corrected chi connectivity index (χ4v) is 4.80. The lowest BCUT2D eigenvalue weighted by Gasteiger charge is -2.27. The molecule has 2 aromatic rings. The number of carbonyl (C=O) groups is 1. The monoisotopic (exact) mass is 350 g/mol. The van der Waals surface area contributed by atoms with E-state index in [0.717, 1.165) is 18.5 Å². The fraction of sp³-hybridized carbons (Fsp3) is 0.529. The summed E-state index contributed by atoms with van der Waals surface area (Å²) in [6.45, 7) is 4.46. The minimum atomic E-state index is -3.05. The van der Waals surface area contributed by atoms with E-state index in [9.17, 15) is 13.2 Å². The van der Waals surface area contributed by atoms with Gasteiger partial charge in [-0.25, -0.2) is 13.4 Å². The van der Waals surface area contributed by atoms with Crippen LogP contribution in [0.2, 0.25) is 0 Å². The number of hydrogen-bond acceptors (Lipinski definition) is 5. The minimum absolute atomic E-state index is 0.0417. The number of aromatic nitrogens is 1. The van der Waals surface area contributed by atoms with Gasteiger partial charge in [0.05, 0.1) is 11.5 Å². The molecule has 3 rings (SSSR count). The predicted octanol–water partition coefficient (Wildman–Crippen LogP) is 2.57. The van der Waals surface area contributed by atoms with Gasteiger partial charge >= 0.3 is 0 Å². The molecule has 1 fully saturated rings. The number of aryl methyl sites for hydroxylation is 1. The van der Waals surface area contributed by atoms with Crippen molar-refractivity contribution >= 4 is 26.8 Å². The molecule has 130 valence electrons. The van der Waals surface area contributed by atoms with Gasteiger partial charge < -0.3 is 9.32 Å². The Balaban J connectivity index is 1.89. The number of amides is 1. The number of carbonyl (C=O) groups excluding carboxylic acids is 1. The van der Waals surface area contributed by atoms with Crippen molar-refractivity contribution in [2.24, 2.45) is 0 Å². The summed E-state index contributed by atoms with van der Waals surface area (Å²) >= 11 is 0. The van der Waals surface area contributed by atoms with Crippen LogP contribution in [0.15, 0.2) is 22.6 Å². The Kier molecular flexibility index (Phi) is 4.62. The van der Waals surface area contributed by atoms with Gasteiger partial charge in [0.15, 0.2) is 21.2 Å². The molecule has 1 atom stereocenters. The van der Waals surface area contributed by atoms with E-state index in [1.54, 1.807) is 17.0 Å². The normalized spacial score (nSPS) is 19.7. The Labute approximate surface area is 141 Å². The minimum Gasteiger partial charge on any atom is -0.449 e. The molecule has 1 aliphatic heterocycles. The Morgan fingerprint density at radius 2 is 2.21 bits per heavy atom. The van der Waals surface area contributed by atoms with E-state index >= 15 is 0 Å². The molecule has 1 aliphatic rings. The summed E-state index contributed by atoms with van der Waals surface area (Å²) in [5.41, 5.74) is 2.07. The van der Waals surface area contributed by atoms with E-state index in [-0.39, 0.29) is 29.2 Å². The quantitative estimate of drug-likeness (QED) is 0.828. The van der Waals surface area contributed by atoms with Crippen molar-refractivity contribution in [1.29, 1.82) is 0 Å². The van der Waals surface area contributed by atoms with Crippen molar-refractivity contribution in [3.63, 3.8) is 0 Å². The molecule has 0 aromatic carbocycles. The van der Waals surface area contributed by atoms with Crippen LogP contribution in [-0.2, 0) is 9.84 Å². The van der Waals surface area contributed by atoms with Gasteiger partial charge in [0.1, 0.15) is 5.52 Å². The van der Waals surface area contributed by atoms with Crippen molar-refractivity contribution < 1.29 is 17.6 Å². The molecule has 2 aromatic heterocycles. The predicted molar refractivity (Wildman–Crippen MR) is 91.7 cm³/mol. The summed E-state index contributed by atoms with van der Waals surface area (Å²) in [4.78, 5) is 18.9.